The highest BCUT2D eigenvalue weighted by atomic mass is 16.5. The van der Waals surface area contributed by atoms with Crippen LogP contribution in [0.4, 0.5) is 10.5 Å². The van der Waals surface area contributed by atoms with E-state index < -0.39 is 12.1 Å². The molecular formula is C14H17N3O4. The molecule has 3 rings (SSSR count). The van der Waals surface area contributed by atoms with Gasteiger partial charge in [0.05, 0.1) is 12.2 Å². The van der Waals surface area contributed by atoms with Gasteiger partial charge in [-0.2, -0.15) is 0 Å². The molecule has 1 fully saturated rings. The zero-order valence-corrected chi connectivity index (χ0v) is 11.5. The van der Waals surface area contributed by atoms with Crippen LogP contribution in [0.5, 0.6) is 5.75 Å². The Labute approximate surface area is 122 Å². The predicted octanol–water partition coefficient (Wildman–Crippen LogP) is 0.364. The summed E-state index contributed by atoms with van der Waals surface area (Å²) in [7, 11) is 0. The van der Waals surface area contributed by atoms with Gasteiger partial charge in [0.1, 0.15) is 5.75 Å². The summed E-state index contributed by atoms with van der Waals surface area (Å²) in [6.07, 6.45) is -1.04. The molecule has 1 aromatic rings. The maximum atomic E-state index is 12.7. The zero-order valence-electron chi connectivity index (χ0n) is 11.5. The molecular weight excluding hydrogens is 274 g/mol. The van der Waals surface area contributed by atoms with Gasteiger partial charge < -0.3 is 20.1 Å². The lowest BCUT2D eigenvalue weighted by Crippen LogP contribution is -2.55. The molecule has 112 valence electrons. The second-order valence-electron chi connectivity index (χ2n) is 5.04. The number of aliphatic carboxylic acids is 1. The first-order chi connectivity index (χ1) is 10.2. The fourth-order valence-electron chi connectivity index (χ4n) is 2.57. The Hall–Kier alpha value is -2.28. The Balaban J connectivity index is 1.88. The van der Waals surface area contributed by atoms with Gasteiger partial charge in [-0.1, -0.05) is 12.1 Å². The van der Waals surface area contributed by atoms with E-state index in [0.29, 0.717) is 24.5 Å². The number of amides is 2. The molecule has 1 atom stereocenters. The standard InChI is InChI=1S/C14H17N3O4/c18-13(19)12-9-17(10-3-1-2-4-11(10)21-12)14(20)16-7-5-15-6-8-16/h1-4,12,15H,5-9H2,(H,18,19). The molecule has 0 aromatic heterocycles. The minimum absolute atomic E-state index is 0.0229. The number of carboxylic acid groups (broad SMARTS) is 1. The summed E-state index contributed by atoms with van der Waals surface area (Å²) in [4.78, 5) is 27.1. The number of benzene rings is 1. The fourth-order valence-corrected chi connectivity index (χ4v) is 2.57. The number of rotatable bonds is 1. The number of para-hydroxylation sites is 2. The maximum Gasteiger partial charge on any atom is 0.346 e. The van der Waals surface area contributed by atoms with Crippen LogP contribution in [-0.2, 0) is 4.79 Å². The van der Waals surface area contributed by atoms with Crippen molar-refractivity contribution >= 4 is 17.7 Å². The second-order valence-corrected chi connectivity index (χ2v) is 5.04. The number of carboxylic acids is 1. The van der Waals surface area contributed by atoms with Crippen LogP contribution in [-0.4, -0.2) is 60.8 Å². The number of anilines is 1. The van der Waals surface area contributed by atoms with E-state index in [0.717, 1.165) is 13.1 Å². The third-order valence-electron chi connectivity index (χ3n) is 3.67. The van der Waals surface area contributed by atoms with Gasteiger partial charge in [0, 0.05) is 26.2 Å². The summed E-state index contributed by atoms with van der Waals surface area (Å²) in [5, 5.41) is 12.4. The number of nitrogens with one attached hydrogen (secondary N) is 1. The normalized spacial score (nSPS) is 21.4. The summed E-state index contributed by atoms with van der Waals surface area (Å²) >= 11 is 0. The zero-order chi connectivity index (χ0) is 14.8. The number of fused-ring (bicyclic) bond motifs is 1. The third kappa shape index (κ3) is 2.64. The quantitative estimate of drug-likeness (QED) is 0.781. The van der Waals surface area contributed by atoms with Crippen LogP contribution in [0.25, 0.3) is 0 Å². The first-order valence-corrected chi connectivity index (χ1v) is 6.92. The maximum absolute atomic E-state index is 12.7. The molecule has 1 aromatic carbocycles. The molecule has 2 aliphatic rings. The molecule has 0 radical (unpaired) electrons. The van der Waals surface area contributed by atoms with E-state index in [1.165, 1.54) is 4.90 Å². The summed E-state index contributed by atoms with van der Waals surface area (Å²) in [5.41, 5.74) is 0.624. The average molecular weight is 291 g/mol. The fraction of sp³-hybridized carbons (Fsp3) is 0.429. The second kappa shape index (κ2) is 5.61. The average Bonchev–Trinajstić information content (AvgIpc) is 2.54. The third-order valence-corrected chi connectivity index (χ3v) is 3.67. The monoisotopic (exact) mass is 291 g/mol. The number of carbonyl (C=O) groups is 2. The van der Waals surface area contributed by atoms with Gasteiger partial charge >= 0.3 is 12.0 Å². The lowest BCUT2D eigenvalue weighted by atomic mass is 10.2. The van der Waals surface area contributed by atoms with Crippen molar-refractivity contribution in [2.45, 2.75) is 6.10 Å². The summed E-state index contributed by atoms with van der Waals surface area (Å²) in [6.45, 7) is 2.77. The highest BCUT2D eigenvalue weighted by molar-refractivity contribution is 5.95. The lowest BCUT2D eigenvalue weighted by molar-refractivity contribution is -0.144. The van der Waals surface area contributed by atoms with E-state index in [1.54, 1.807) is 29.2 Å². The number of hydrogen-bond acceptors (Lipinski definition) is 4. The molecule has 0 spiro atoms. The lowest BCUT2D eigenvalue weighted by Gasteiger charge is -2.37. The molecule has 0 aliphatic carbocycles. The summed E-state index contributed by atoms with van der Waals surface area (Å²) in [5.74, 6) is -0.637. The predicted molar refractivity (Wildman–Crippen MR) is 75.7 cm³/mol. The largest absolute Gasteiger partial charge is 0.478 e. The summed E-state index contributed by atoms with van der Waals surface area (Å²) < 4.78 is 5.44. The Morgan fingerprint density at radius 2 is 1.95 bits per heavy atom. The molecule has 21 heavy (non-hydrogen) atoms. The van der Waals surface area contributed by atoms with E-state index in [2.05, 4.69) is 5.32 Å². The number of hydrogen-bond donors (Lipinski definition) is 2. The first kappa shape index (κ1) is 13.7. The first-order valence-electron chi connectivity index (χ1n) is 6.92. The Bertz CT molecular complexity index is 557. The Morgan fingerprint density at radius 3 is 2.67 bits per heavy atom. The van der Waals surface area contributed by atoms with E-state index >= 15 is 0 Å². The van der Waals surface area contributed by atoms with Crippen LogP contribution in [0.3, 0.4) is 0 Å². The van der Waals surface area contributed by atoms with Crippen molar-refractivity contribution in [3.8, 4) is 5.75 Å². The van der Waals surface area contributed by atoms with Gasteiger partial charge in [-0.05, 0) is 12.1 Å². The topological polar surface area (TPSA) is 82.1 Å². The van der Waals surface area contributed by atoms with Crippen molar-refractivity contribution < 1.29 is 19.4 Å². The Kier molecular flexibility index (Phi) is 3.66. The van der Waals surface area contributed by atoms with Crippen LogP contribution in [0, 0.1) is 0 Å². The molecule has 7 heteroatoms. The number of carbonyl (C=O) groups excluding carboxylic acids is 1. The van der Waals surface area contributed by atoms with Gasteiger partial charge in [0.15, 0.2) is 0 Å². The summed E-state index contributed by atoms with van der Waals surface area (Å²) in [6, 6.07) is 6.85. The van der Waals surface area contributed by atoms with E-state index in [-0.39, 0.29) is 12.6 Å². The van der Waals surface area contributed by atoms with Crippen molar-refractivity contribution in [3.05, 3.63) is 24.3 Å². The van der Waals surface area contributed by atoms with E-state index in [1.807, 2.05) is 0 Å². The molecule has 7 nitrogen and oxygen atoms in total. The van der Waals surface area contributed by atoms with Crippen molar-refractivity contribution in [2.24, 2.45) is 0 Å². The van der Waals surface area contributed by atoms with Gasteiger partial charge in [-0.15, -0.1) is 0 Å². The smallest absolute Gasteiger partial charge is 0.346 e. The van der Waals surface area contributed by atoms with Gasteiger partial charge in [-0.3, -0.25) is 4.90 Å². The van der Waals surface area contributed by atoms with Crippen LogP contribution < -0.4 is 15.0 Å². The van der Waals surface area contributed by atoms with Crippen LogP contribution in [0.2, 0.25) is 0 Å². The van der Waals surface area contributed by atoms with E-state index in [4.69, 9.17) is 4.74 Å². The molecule has 1 unspecified atom stereocenters. The molecule has 1 saturated heterocycles. The minimum atomic E-state index is -1.07. The van der Waals surface area contributed by atoms with Crippen molar-refractivity contribution in [2.75, 3.05) is 37.6 Å². The van der Waals surface area contributed by atoms with Gasteiger partial charge in [0.2, 0.25) is 6.10 Å². The Morgan fingerprint density at radius 1 is 1.24 bits per heavy atom. The van der Waals surface area contributed by atoms with Crippen molar-refractivity contribution in [1.29, 1.82) is 0 Å². The molecule has 2 amide bonds. The highest BCUT2D eigenvalue weighted by Gasteiger charge is 2.35. The molecule has 2 N–H and O–H groups in total. The number of piperazine rings is 1. The molecule has 0 saturated carbocycles. The van der Waals surface area contributed by atoms with Crippen LogP contribution in [0.15, 0.2) is 24.3 Å². The van der Waals surface area contributed by atoms with Crippen LogP contribution >= 0.6 is 0 Å². The van der Waals surface area contributed by atoms with Gasteiger partial charge in [-0.25, -0.2) is 9.59 Å². The van der Waals surface area contributed by atoms with Crippen molar-refractivity contribution in [1.82, 2.24) is 10.2 Å². The van der Waals surface area contributed by atoms with E-state index in [9.17, 15) is 14.7 Å². The SMILES string of the molecule is O=C(O)C1CN(C(=O)N2CCNCC2)c2ccccc2O1. The number of urea groups is 1. The van der Waals surface area contributed by atoms with Crippen LogP contribution in [0.1, 0.15) is 0 Å². The minimum Gasteiger partial charge on any atom is -0.478 e. The number of nitrogens with zero attached hydrogens (tertiary/aromatic N) is 2. The van der Waals surface area contributed by atoms with Crippen molar-refractivity contribution in [3.63, 3.8) is 0 Å². The van der Waals surface area contributed by atoms with Gasteiger partial charge in [0.25, 0.3) is 0 Å². The highest BCUT2D eigenvalue weighted by Crippen LogP contribution is 2.33. The molecule has 2 heterocycles. The molecule has 2 aliphatic heterocycles. The number of ether oxygens (including phenoxy) is 1. The molecule has 0 bridgehead atoms.